The van der Waals surface area contributed by atoms with Gasteiger partial charge in [-0.3, -0.25) is 14.5 Å². The fourth-order valence-electron chi connectivity index (χ4n) is 2.44. The van der Waals surface area contributed by atoms with Crippen molar-refractivity contribution in [2.45, 2.75) is 46.1 Å². The summed E-state index contributed by atoms with van der Waals surface area (Å²) in [5, 5.41) is 2.74. The molecule has 0 unspecified atom stereocenters. The minimum absolute atomic E-state index is 0.193. The maximum Gasteiger partial charge on any atom is 0.325 e. The minimum atomic E-state index is -0.896. The average molecular weight is 322 g/mol. The Morgan fingerprint density at radius 2 is 2.05 bits per heavy atom. The van der Waals surface area contributed by atoms with Crippen LogP contribution in [0.25, 0.3) is 0 Å². The van der Waals surface area contributed by atoms with Gasteiger partial charge >= 0.3 is 6.03 Å². The van der Waals surface area contributed by atoms with Gasteiger partial charge in [0.25, 0.3) is 5.91 Å². The smallest absolute Gasteiger partial charge is 0.323 e. The summed E-state index contributed by atoms with van der Waals surface area (Å²) in [7, 11) is 0. The van der Waals surface area contributed by atoms with E-state index < -0.39 is 11.6 Å². The summed E-state index contributed by atoms with van der Waals surface area (Å²) in [5.74, 6) is -0.0548. The van der Waals surface area contributed by atoms with Crippen LogP contribution in [-0.2, 0) is 4.79 Å². The molecule has 2 rings (SSSR count). The van der Waals surface area contributed by atoms with Crippen molar-refractivity contribution in [2.75, 3.05) is 6.54 Å². The van der Waals surface area contributed by atoms with E-state index in [1.54, 1.807) is 13.0 Å². The number of ketones is 1. The number of hydrogen-bond donors (Lipinski definition) is 1. The Morgan fingerprint density at radius 1 is 1.36 bits per heavy atom. The third-order valence-electron chi connectivity index (χ3n) is 3.88. The van der Waals surface area contributed by atoms with Gasteiger partial charge in [-0.1, -0.05) is 13.8 Å². The number of Topliss-reactive ketones (excluding diaryl/α,β-unsaturated/α-hetero) is 1. The molecule has 1 saturated heterocycles. The number of nitrogens with zero attached hydrogens (tertiary/aromatic N) is 1. The average Bonchev–Trinajstić information content (AvgIpc) is 2.95. The molecule has 0 bridgehead atoms. The number of carbonyl (C=O) groups is 3. The highest BCUT2D eigenvalue weighted by atomic mass is 32.1. The van der Waals surface area contributed by atoms with E-state index in [4.69, 9.17) is 0 Å². The monoisotopic (exact) mass is 322 g/mol. The number of hydrogen-bond acceptors (Lipinski definition) is 4. The third-order valence-corrected chi connectivity index (χ3v) is 4.93. The molecule has 5 nitrogen and oxygen atoms in total. The Labute approximate surface area is 134 Å². The van der Waals surface area contributed by atoms with Crippen LogP contribution in [0.3, 0.4) is 0 Å². The van der Waals surface area contributed by atoms with Crippen LogP contribution in [0.5, 0.6) is 0 Å². The van der Waals surface area contributed by atoms with Crippen LogP contribution < -0.4 is 5.32 Å². The van der Waals surface area contributed by atoms with Gasteiger partial charge in [-0.25, -0.2) is 4.79 Å². The van der Waals surface area contributed by atoms with Crippen LogP contribution >= 0.6 is 11.3 Å². The van der Waals surface area contributed by atoms with Gasteiger partial charge in [-0.15, -0.1) is 11.3 Å². The molecule has 3 amide bonds. The number of aryl methyl sites for hydroxylation is 1. The predicted octanol–water partition coefficient (Wildman–Crippen LogP) is 2.99. The van der Waals surface area contributed by atoms with E-state index in [0.29, 0.717) is 17.2 Å². The highest BCUT2D eigenvalue weighted by molar-refractivity contribution is 7.14. The zero-order valence-corrected chi connectivity index (χ0v) is 14.3. The van der Waals surface area contributed by atoms with E-state index >= 15 is 0 Å². The molecule has 1 aromatic rings. The maximum atomic E-state index is 12.5. The molecule has 1 N–H and O–H groups in total. The number of rotatable bonds is 6. The Kier molecular flexibility index (Phi) is 4.70. The molecule has 1 atom stereocenters. The Hall–Kier alpha value is -1.69. The number of nitrogens with one attached hydrogen (secondary N) is 1. The fraction of sp³-hybridized carbons (Fsp3) is 0.562. The molecular weight excluding hydrogens is 300 g/mol. The van der Waals surface area contributed by atoms with E-state index in [-0.39, 0.29) is 18.2 Å². The molecule has 1 aromatic heterocycles. The van der Waals surface area contributed by atoms with Crippen LogP contribution in [-0.4, -0.2) is 34.7 Å². The van der Waals surface area contributed by atoms with Gasteiger partial charge in [0.2, 0.25) is 0 Å². The van der Waals surface area contributed by atoms with E-state index in [1.807, 2.05) is 13.0 Å². The van der Waals surface area contributed by atoms with Crippen LogP contribution in [0, 0.1) is 12.8 Å². The van der Waals surface area contributed by atoms with Crippen LogP contribution in [0.15, 0.2) is 12.1 Å². The molecule has 1 aliphatic rings. The van der Waals surface area contributed by atoms with Gasteiger partial charge in [-0.05, 0) is 44.7 Å². The maximum absolute atomic E-state index is 12.5. The highest BCUT2D eigenvalue weighted by Gasteiger charge is 2.47. The molecule has 0 aliphatic carbocycles. The van der Waals surface area contributed by atoms with E-state index in [9.17, 15) is 14.4 Å². The fourth-order valence-corrected chi connectivity index (χ4v) is 3.24. The first kappa shape index (κ1) is 16.7. The summed E-state index contributed by atoms with van der Waals surface area (Å²) in [6, 6.07) is 3.12. The van der Waals surface area contributed by atoms with Crippen LogP contribution in [0.4, 0.5) is 4.79 Å². The SMILES string of the molecule is Cc1ccc(C(=O)CN2C(=O)N[C@](C)(CCC(C)C)C2=O)s1. The summed E-state index contributed by atoms with van der Waals surface area (Å²) < 4.78 is 0. The van der Waals surface area contributed by atoms with Gasteiger partial charge in [0.05, 0.1) is 11.4 Å². The molecule has 2 heterocycles. The van der Waals surface area contributed by atoms with Crippen molar-refractivity contribution in [3.8, 4) is 0 Å². The number of amides is 3. The molecule has 6 heteroatoms. The first-order valence-corrected chi connectivity index (χ1v) is 8.28. The topological polar surface area (TPSA) is 66.5 Å². The second-order valence-electron chi connectivity index (χ2n) is 6.42. The minimum Gasteiger partial charge on any atom is -0.323 e. The Bertz CT molecular complexity index is 608. The first-order valence-electron chi connectivity index (χ1n) is 7.46. The van der Waals surface area contributed by atoms with E-state index in [1.165, 1.54) is 11.3 Å². The molecule has 0 radical (unpaired) electrons. The lowest BCUT2D eigenvalue weighted by Gasteiger charge is -2.22. The van der Waals surface area contributed by atoms with Crippen molar-refractivity contribution in [1.29, 1.82) is 0 Å². The first-order chi connectivity index (χ1) is 10.2. The summed E-state index contributed by atoms with van der Waals surface area (Å²) in [6.07, 6.45) is 1.42. The number of carbonyl (C=O) groups excluding carboxylic acids is 3. The third kappa shape index (κ3) is 3.38. The molecule has 1 fully saturated rings. The summed E-state index contributed by atoms with van der Waals surface area (Å²) in [5.41, 5.74) is -0.896. The van der Waals surface area contributed by atoms with Gasteiger partial charge in [-0.2, -0.15) is 0 Å². The molecular formula is C16H22N2O3S. The standard InChI is InChI=1S/C16H22N2O3S/c1-10(2)7-8-16(4)14(20)18(15(21)17-16)9-12(19)13-6-5-11(3)22-13/h5-6,10H,7-9H2,1-4H3,(H,17,21)/t16-/m1/s1. The van der Waals surface area contributed by atoms with Crippen molar-refractivity contribution in [3.63, 3.8) is 0 Å². The van der Waals surface area contributed by atoms with Crippen LogP contribution in [0.1, 0.15) is 48.2 Å². The lowest BCUT2D eigenvalue weighted by molar-refractivity contribution is -0.130. The van der Waals surface area contributed by atoms with Gasteiger partial charge in [0.1, 0.15) is 5.54 Å². The summed E-state index contributed by atoms with van der Waals surface area (Å²) in [4.78, 5) is 39.4. The van der Waals surface area contributed by atoms with Crippen molar-refractivity contribution >= 4 is 29.1 Å². The zero-order valence-electron chi connectivity index (χ0n) is 13.4. The van der Waals surface area contributed by atoms with E-state index in [2.05, 4.69) is 19.2 Å². The van der Waals surface area contributed by atoms with Gasteiger partial charge in [0, 0.05) is 4.88 Å². The molecule has 120 valence electrons. The molecule has 0 saturated carbocycles. The summed E-state index contributed by atoms with van der Waals surface area (Å²) in [6.45, 7) is 7.60. The lowest BCUT2D eigenvalue weighted by atomic mass is 9.92. The molecule has 1 aliphatic heterocycles. The van der Waals surface area contributed by atoms with Crippen molar-refractivity contribution < 1.29 is 14.4 Å². The Morgan fingerprint density at radius 3 is 2.59 bits per heavy atom. The number of imide groups is 1. The Balaban J connectivity index is 2.07. The van der Waals surface area contributed by atoms with Gasteiger partial charge < -0.3 is 5.32 Å². The second-order valence-corrected chi connectivity index (χ2v) is 7.71. The lowest BCUT2D eigenvalue weighted by Crippen LogP contribution is -2.44. The van der Waals surface area contributed by atoms with Crippen molar-refractivity contribution in [2.24, 2.45) is 5.92 Å². The number of thiophene rings is 1. The second kappa shape index (κ2) is 6.20. The van der Waals surface area contributed by atoms with E-state index in [0.717, 1.165) is 16.2 Å². The van der Waals surface area contributed by atoms with Crippen LogP contribution in [0.2, 0.25) is 0 Å². The molecule has 22 heavy (non-hydrogen) atoms. The number of urea groups is 1. The van der Waals surface area contributed by atoms with Gasteiger partial charge in [0.15, 0.2) is 5.78 Å². The van der Waals surface area contributed by atoms with Crippen molar-refractivity contribution in [1.82, 2.24) is 10.2 Å². The zero-order chi connectivity index (χ0) is 16.5. The highest BCUT2D eigenvalue weighted by Crippen LogP contribution is 2.25. The normalized spacial score (nSPS) is 21.6. The predicted molar refractivity (Wildman–Crippen MR) is 86.1 cm³/mol. The molecule has 0 spiro atoms. The largest absolute Gasteiger partial charge is 0.325 e. The quantitative estimate of drug-likeness (QED) is 0.647. The molecule has 0 aromatic carbocycles. The summed E-state index contributed by atoms with van der Waals surface area (Å²) >= 11 is 1.38. The van der Waals surface area contributed by atoms with Crippen molar-refractivity contribution in [3.05, 3.63) is 21.9 Å².